The molecule has 0 radical (unpaired) electrons. The normalized spacial score (nSPS) is 10.7. The quantitative estimate of drug-likeness (QED) is 0.463. The summed E-state index contributed by atoms with van der Waals surface area (Å²) in [6.45, 7) is 4.06. The Labute approximate surface area is 162 Å². The second-order valence-corrected chi connectivity index (χ2v) is 7.44. The van der Waals surface area contributed by atoms with Gasteiger partial charge < -0.3 is 9.88 Å². The summed E-state index contributed by atoms with van der Waals surface area (Å²) in [7, 11) is 0. The van der Waals surface area contributed by atoms with Gasteiger partial charge in [-0.1, -0.05) is 48.0 Å². The average Bonchev–Trinajstić information content (AvgIpc) is 3.33. The SMILES string of the molecule is Cc1ccc(NC(=O)c2scc(-c3ccccc3)c2-n2cccc2)c(C)c1. The minimum absolute atomic E-state index is 0.0853. The van der Waals surface area contributed by atoms with Crippen LogP contribution in [0.1, 0.15) is 20.8 Å². The van der Waals surface area contributed by atoms with Gasteiger partial charge in [-0.05, 0) is 43.2 Å². The molecule has 27 heavy (non-hydrogen) atoms. The Morgan fingerprint density at radius 3 is 2.41 bits per heavy atom. The van der Waals surface area contributed by atoms with E-state index in [1.165, 1.54) is 16.9 Å². The first-order chi connectivity index (χ1) is 13.1. The molecule has 0 saturated carbocycles. The number of nitrogens with one attached hydrogen (secondary N) is 1. The van der Waals surface area contributed by atoms with Gasteiger partial charge in [-0.2, -0.15) is 0 Å². The number of carbonyl (C=O) groups is 1. The molecule has 0 bridgehead atoms. The van der Waals surface area contributed by atoms with Crippen LogP contribution in [0.2, 0.25) is 0 Å². The van der Waals surface area contributed by atoms with Crippen molar-refractivity contribution in [3.63, 3.8) is 0 Å². The number of nitrogens with zero attached hydrogens (tertiary/aromatic N) is 1. The van der Waals surface area contributed by atoms with Gasteiger partial charge in [0, 0.05) is 29.0 Å². The Balaban J connectivity index is 1.76. The number of hydrogen-bond acceptors (Lipinski definition) is 2. The third kappa shape index (κ3) is 3.44. The second-order valence-electron chi connectivity index (χ2n) is 6.56. The molecule has 4 rings (SSSR count). The van der Waals surface area contributed by atoms with Gasteiger partial charge in [0.1, 0.15) is 4.88 Å². The number of rotatable bonds is 4. The first kappa shape index (κ1) is 17.3. The Kier molecular flexibility index (Phi) is 4.65. The maximum atomic E-state index is 13.1. The molecule has 4 heteroatoms. The predicted molar refractivity (Wildman–Crippen MR) is 113 cm³/mol. The minimum atomic E-state index is -0.0853. The largest absolute Gasteiger partial charge is 0.322 e. The molecule has 0 aliphatic heterocycles. The van der Waals surface area contributed by atoms with E-state index in [1.807, 2.05) is 73.3 Å². The Hall–Kier alpha value is -3.11. The van der Waals surface area contributed by atoms with Crippen molar-refractivity contribution in [2.24, 2.45) is 0 Å². The molecule has 2 aromatic heterocycles. The molecule has 0 spiro atoms. The van der Waals surface area contributed by atoms with Crippen LogP contribution in [0.15, 0.2) is 78.4 Å². The second kappa shape index (κ2) is 7.25. The summed E-state index contributed by atoms with van der Waals surface area (Å²) in [4.78, 5) is 13.8. The van der Waals surface area contributed by atoms with Gasteiger partial charge in [0.2, 0.25) is 0 Å². The van der Waals surface area contributed by atoms with E-state index in [4.69, 9.17) is 0 Å². The van der Waals surface area contributed by atoms with Crippen molar-refractivity contribution < 1.29 is 4.79 Å². The maximum Gasteiger partial charge on any atom is 0.267 e. The number of carbonyl (C=O) groups excluding carboxylic acids is 1. The molecule has 0 atom stereocenters. The van der Waals surface area contributed by atoms with E-state index < -0.39 is 0 Å². The van der Waals surface area contributed by atoms with Crippen LogP contribution >= 0.6 is 11.3 Å². The summed E-state index contributed by atoms with van der Waals surface area (Å²) in [6.07, 6.45) is 3.95. The number of thiophene rings is 1. The van der Waals surface area contributed by atoms with Crippen molar-refractivity contribution in [2.75, 3.05) is 5.32 Å². The van der Waals surface area contributed by atoms with Crippen LogP contribution in [0, 0.1) is 13.8 Å². The zero-order valence-corrected chi connectivity index (χ0v) is 16.1. The van der Waals surface area contributed by atoms with Gasteiger partial charge >= 0.3 is 0 Å². The van der Waals surface area contributed by atoms with Crippen LogP contribution in [0.4, 0.5) is 5.69 Å². The monoisotopic (exact) mass is 372 g/mol. The van der Waals surface area contributed by atoms with Crippen molar-refractivity contribution in [3.05, 3.63) is 94.4 Å². The molecule has 1 N–H and O–H groups in total. The lowest BCUT2D eigenvalue weighted by molar-refractivity contribution is 0.103. The average molecular weight is 372 g/mol. The number of aryl methyl sites for hydroxylation is 2. The molecule has 0 unspecified atom stereocenters. The fourth-order valence-electron chi connectivity index (χ4n) is 3.21. The molecule has 0 aliphatic carbocycles. The van der Waals surface area contributed by atoms with Gasteiger partial charge in [0.05, 0.1) is 5.69 Å². The smallest absolute Gasteiger partial charge is 0.267 e. The highest BCUT2D eigenvalue weighted by molar-refractivity contribution is 7.13. The highest BCUT2D eigenvalue weighted by atomic mass is 32.1. The van der Waals surface area contributed by atoms with Gasteiger partial charge in [0.15, 0.2) is 0 Å². The molecular formula is C23H20N2OS. The highest BCUT2D eigenvalue weighted by Crippen LogP contribution is 2.35. The molecule has 0 aliphatic rings. The van der Waals surface area contributed by atoms with Gasteiger partial charge in [-0.15, -0.1) is 11.3 Å². The van der Waals surface area contributed by atoms with Crippen molar-refractivity contribution in [1.29, 1.82) is 0 Å². The van der Waals surface area contributed by atoms with Crippen molar-refractivity contribution >= 4 is 22.9 Å². The Morgan fingerprint density at radius 2 is 1.70 bits per heavy atom. The first-order valence-corrected chi connectivity index (χ1v) is 9.70. The minimum Gasteiger partial charge on any atom is -0.322 e. The number of amides is 1. The molecule has 1 amide bonds. The van der Waals surface area contributed by atoms with E-state index >= 15 is 0 Å². The topological polar surface area (TPSA) is 34.0 Å². The Morgan fingerprint density at radius 1 is 0.963 bits per heavy atom. The van der Waals surface area contributed by atoms with E-state index in [0.717, 1.165) is 28.1 Å². The highest BCUT2D eigenvalue weighted by Gasteiger charge is 2.20. The fourth-order valence-corrected chi connectivity index (χ4v) is 4.18. The summed E-state index contributed by atoms with van der Waals surface area (Å²) >= 11 is 1.47. The lowest BCUT2D eigenvalue weighted by atomic mass is 10.1. The molecule has 0 fully saturated rings. The zero-order valence-electron chi connectivity index (χ0n) is 15.3. The summed E-state index contributed by atoms with van der Waals surface area (Å²) < 4.78 is 2.01. The van der Waals surface area contributed by atoms with Crippen LogP contribution in [0.25, 0.3) is 16.8 Å². The standard InChI is InChI=1S/C23H20N2OS/c1-16-10-11-20(17(2)14-16)24-23(26)22-21(25-12-6-7-13-25)19(15-27-22)18-8-4-3-5-9-18/h3-15H,1-2H3,(H,24,26). The van der Waals surface area contributed by atoms with Crippen LogP contribution in [0.5, 0.6) is 0 Å². The van der Waals surface area contributed by atoms with Crippen LogP contribution in [-0.2, 0) is 0 Å². The maximum absolute atomic E-state index is 13.1. The summed E-state index contributed by atoms with van der Waals surface area (Å²) in [6, 6.07) is 20.2. The molecule has 4 aromatic rings. The summed E-state index contributed by atoms with van der Waals surface area (Å²) in [5.41, 5.74) is 6.16. The van der Waals surface area contributed by atoms with E-state index in [2.05, 4.69) is 28.9 Å². The number of aromatic nitrogens is 1. The first-order valence-electron chi connectivity index (χ1n) is 8.82. The van der Waals surface area contributed by atoms with E-state index in [-0.39, 0.29) is 5.91 Å². The van der Waals surface area contributed by atoms with E-state index in [1.54, 1.807) is 0 Å². The predicted octanol–water partition coefficient (Wildman–Crippen LogP) is 6.07. The van der Waals surface area contributed by atoms with Crippen LogP contribution in [-0.4, -0.2) is 10.5 Å². The Bertz CT molecular complexity index is 1080. The van der Waals surface area contributed by atoms with E-state index in [0.29, 0.717) is 4.88 Å². The van der Waals surface area contributed by atoms with Gasteiger partial charge in [0.25, 0.3) is 5.91 Å². The van der Waals surface area contributed by atoms with Crippen molar-refractivity contribution in [2.45, 2.75) is 13.8 Å². The third-order valence-electron chi connectivity index (χ3n) is 4.55. The lowest BCUT2D eigenvalue weighted by Gasteiger charge is -2.12. The number of hydrogen-bond donors (Lipinski definition) is 1. The summed E-state index contributed by atoms with van der Waals surface area (Å²) in [5, 5.41) is 5.14. The molecule has 3 nitrogen and oxygen atoms in total. The lowest BCUT2D eigenvalue weighted by Crippen LogP contribution is -2.13. The van der Waals surface area contributed by atoms with Crippen LogP contribution < -0.4 is 5.32 Å². The number of benzene rings is 2. The molecule has 2 aromatic carbocycles. The summed E-state index contributed by atoms with van der Waals surface area (Å²) in [5.74, 6) is -0.0853. The fraction of sp³-hybridized carbons (Fsp3) is 0.0870. The molecule has 134 valence electrons. The molecular weight excluding hydrogens is 352 g/mol. The van der Waals surface area contributed by atoms with E-state index in [9.17, 15) is 4.79 Å². The van der Waals surface area contributed by atoms with Gasteiger partial charge in [-0.25, -0.2) is 0 Å². The zero-order chi connectivity index (χ0) is 18.8. The number of anilines is 1. The van der Waals surface area contributed by atoms with Crippen molar-refractivity contribution in [1.82, 2.24) is 4.57 Å². The third-order valence-corrected chi connectivity index (χ3v) is 5.52. The van der Waals surface area contributed by atoms with Crippen molar-refractivity contribution in [3.8, 4) is 16.8 Å². The molecule has 0 saturated heterocycles. The molecule has 2 heterocycles. The van der Waals surface area contributed by atoms with Gasteiger partial charge in [-0.3, -0.25) is 4.79 Å². The van der Waals surface area contributed by atoms with Crippen LogP contribution in [0.3, 0.4) is 0 Å².